The molecule has 0 fully saturated rings. The first kappa shape index (κ1) is 16.7. The van der Waals surface area contributed by atoms with Crippen molar-refractivity contribution in [2.45, 2.75) is 26.3 Å². The number of benzene rings is 2. The zero-order valence-electron chi connectivity index (χ0n) is 14.3. The summed E-state index contributed by atoms with van der Waals surface area (Å²) in [5, 5.41) is 13.1. The Morgan fingerprint density at radius 1 is 1.08 bits per heavy atom. The van der Waals surface area contributed by atoms with Crippen molar-refractivity contribution in [1.29, 1.82) is 0 Å². The predicted octanol–water partition coefficient (Wildman–Crippen LogP) is 3.12. The van der Waals surface area contributed by atoms with Gasteiger partial charge in [-0.2, -0.15) is 10.1 Å². The number of amidine groups is 2. The van der Waals surface area contributed by atoms with Crippen molar-refractivity contribution in [3.05, 3.63) is 71.8 Å². The van der Waals surface area contributed by atoms with Crippen LogP contribution in [-0.2, 0) is 0 Å². The Morgan fingerprint density at radius 3 is 2.28 bits per heavy atom. The van der Waals surface area contributed by atoms with E-state index >= 15 is 0 Å². The van der Waals surface area contributed by atoms with Gasteiger partial charge in [0.25, 0.3) is 0 Å². The SMILES string of the molecule is CCC(C)NC(=O)N1N=C(c2ccccc2)NN=C1c1ccccc1. The van der Waals surface area contributed by atoms with E-state index in [1.807, 2.05) is 74.5 Å². The second kappa shape index (κ2) is 7.61. The lowest BCUT2D eigenvalue weighted by molar-refractivity contribution is 0.217. The van der Waals surface area contributed by atoms with E-state index in [9.17, 15) is 4.79 Å². The summed E-state index contributed by atoms with van der Waals surface area (Å²) in [5.41, 5.74) is 4.62. The highest BCUT2D eigenvalue weighted by atomic mass is 16.2. The van der Waals surface area contributed by atoms with Gasteiger partial charge in [-0.1, -0.05) is 67.6 Å². The first-order valence-corrected chi connectivity index (χ1v) is 8.32. The molecular formula is C19H21N5O. The number of rotatable bonds is 4. The fraction of sp³-hybridized carbons (Fsp3) is 0.211. The van der Waals surface area contributed by atoms with Gasteiger partial charge in [-0.3, -0.25) is 5.43 Å². The van der Waals surface area contributed by atoms with Crippen molar-refractivity contribution in [3.63, 3.8) is 0 Å². The Bertz CT molecular complexity index is 786. The van der Waals surface area contributed by atoms with Gasteiger partial charge in [0, 0.05) is 17.2 Å². The summed E-state index contributed by atoms with van der Waals surface area (Å²) in [6.07, 6.45) is 0.838. The molecule has 1 unspecified atom stereocenters. The van der Waals surface area contributed by atoms with E-state index in [1.54, 1.807) is 0 Å². The van der Waals surface area contributed by atoms with E-state index < -0.39 is 0 Å². The van der Waals surface area contributed by atoms with Crippen LogP contribution < -0.4 is 10.7 Å². The molecule has 0 radical (unpaired) electrons. The number of hydrogen-bond donors (Lipinski definition) is 2. The van der Waals surface area contributed by atoms with Crippen molar-refractivity contribution < 1.29 is 4.79 Å². The second-order valence-electron chi connectivity index (χ2n) is 5.80. The molecule has 1 heterocycles. The van der Waals surface area contributed by atoms with Gasteiger partial charge in [0.05, 0.1) is 0 Å². The number of hydrogen-bond acceptors (Lipinski definition) is 4. The molecule has 0 spiro atoms. The van der Waals surface area contributed by atoms with E-state index in [4.69, 9.17) is 0 Å². The molecule has 1 aliphatic heterocycles. The standard InChI is InChI=1S/C19H21N5O/c1-3-14(2)20-19(25)24-18(16-12-8-5-9-13-16)22-21-17(23-24)15-10-6-4-7-11-15/h4-14H,3H2,1-2H3,(H,20,25)(H,21,23). The first-order chi connectivity index (χ1) is 12.2. The van der Waals surface area contributed by atoms with Gasteiger partial charge in [0.15, 0.2) is 11.7 Å². The molecule has 0 saturated heterocycles. The lowest BCUT2D eigenvalue weighted by atomic mass is 10.2. The number of hydrazone groups is 2. The summed E-state index contributed by atoms with van der Waals surface area (Å²) in [4.78, 5) is 12.7. The highest BCUT2D eigenvalue weighted by molar-refractivity contribution is 6.11. The molecule has 2 aromatic rings. The molecular weight excluding hydrogens is 314 g/mol. The van der Waals surface area contributed by atoms with Crippen LogP contribution in [0.2, 0.25) is 0 Å². The monoisotopic (exact) mass is 335 g/mol. The average Bonchev–Trinajstić information content (AvgIpc) is 2.68. The third kappa shape index (κ3) is 3.85. The molecule has 128 valence electrons. The summed E-state index contributed by atoms with van der Waals surface area (Å²) in [6.45, 7) is 3.98. The Morgan fingerprint density at radius 2 is 1.68 bits per heavy atom. The van der Waals surface area contributed by atoms with Crippen LogP contribution in [0.25, 0.3) is 0 Å². The summed E-state index contributed by atoms with van der Waals surface area (Å²) in [5.74, 6) is 0.987. The molecule has 0 bridgehead atoms. The van der Waals surface area contributed by atoms with Gasteiger partial charge in [0.1, 0.15) is 0 Å². The molecule has 2 N–H and O–H groups in total. The zero-order valence-corrected chi connectivity index (χ0v) is 14.3. The Kier molecular flexibility index (Phi) is 5.09. The molecule has 1 aliphatic rings. The van der Waals surface area contributed by atoms with Crippen LogP contribution in [0, 0.1) is 0 Å². The minimum atomic E-state index is -0.299. The quantitative estimate of drug-likeness (QED) is 0.901. The summed E-state index contributed by atoms with van der Waals surface area (Å²) >= 11 is 0. The van der Waals surface area contributed by atoms with Gasteiger partial charge in [-0.05, 0) is 13.3 Å². The van der Waals surface area contributed by atoms with Crippen molar-refractivity contribution in [3.8, 4) is 0 Å². The predicted molar refractivity (Wildman–Crippen MR) is 99.2 cm³/mol. The van der Waals surface area contributed by atoms with E-state index in [0.717, 1.165) is 17.5 Å². The van der Waals surface area contributed by atoms with E-state index in [2.05, 4.69) is 20.9 Å². The van der Waals surface area contributed by atoms with Crippen molar-refractivity contribution in [2.75, 3.05) is 0 Å². The fourth-order valence-electron chi connectivity index (χ4n) is 2.33. The number of carbonyl (C=O) groups is 1. The number of nitrogens with one attached hydrogen (secondary N) is 2. The molecule has 0 aliphatic carbocycles. The fourth-order valence-corrected chi connectivity index (χ4v) is 2.33. The van der Waals surface area contributed by atoms with E-state index in [-0.39, 0.29) is 12.1 Å². The summed E-state index contributed by atoms with van der Waals surface area (Å²) in [6, 6.07) is 18.9. The molecule has 1 atom stereocenters. The van der Waals surface area contributed by atoms with Crippen molar-refractivity contribution in [2.24, 2.45) is 10.2 Å². The van der Waals surface area contributed by atoms with Gasteiger partial charge in [0.2, 0.25) is 0 Å². The van der Waals surface area contributed by atoms with Gasteiger partial charge < -0.3 is 5.32 Å². The Hall–Kier alpha value is -3.15. The van der Waals surface area contributed by atoms with Crippen LogP contribution in [-0.4, -0.2) is 28.8 Å². The van der Waals surface area contributed by atoms with Gasteiger partial charge in [-0.15, -0.1) is 5.10 Å². The minimum Gasteiger partial charge on any atom is -0.334 e. The van der Waals surface area contributed by atoms with Crippen LogP contribution in [0.15, 0.2) is 70.9 Å². The third-order valence-corrected chi connectivity index (χ3v) is 3.92. The maximum Gasteiger partial charge on any atom is 0.344 e. The summed E-state index contributed by atoms with van der Waals surface area (Å²) in [7, 11) is 0. The summed E-state index contributed by atoms with van der Waals surface area (Å²) < 4.78 is 0. The van der Waals surface area contributed by atoms with Crippen molar-refractivity contribution >= 4 is 17.7 Å². The van der Waals surface area contributed by atoms with Crippen LogP contribution >= 0.6 is 0 Å². The first-order valence-electron chi connectivity index (χ1n) is 8.32. The molecule has 0 saturated carbocycles. The van der Waals surface area contributed by atoms with Crippen LogP contribution in [0.3, 0.4) is 0 Å². The van der Waals surface area contributed by atoms with E-state index in [0.29, 0.717) is 11.7 Å². The molecule has 0 aromatic heterocycles. The molecule has 6 nitrogen and oxygen atoms in total. The minimum absolute atomic E-state index is 0.0507. The lowest BCUT2D eigenvalue weighted by Gasteiger charge is -2.26. The van der Waals surface area contributed by atoms with Crippen molar-refractivity contribution in [1.82, 2.24) is 15.8 Å². The number of amides is 2. The number of carbonyl (C=O) groups excluding carboxylic acids is 1. The smallest absolute Gasteiger partial charge is 0.334 e. The zero-order chi connectivity index (χ0) is 17.6. The average molecular weight is 335 g/mol. The van der Waals surface area contributed by atoms with Crippen LogP contribution in [0.1, 0.15) is 31.4 Å². The molecule has 2 amide bonds. The Balaban J connectivity index is 1.94. The molecule has 2 aromatic carbocycles. The second-order valence-corrected chi connectivity index (χ2v) is 5.80. The maximum absolute atomic E-state index is 12.7. The van der Waals surface area contributed by atoms with Crippen LogP contribution in [0.4, 0.5) is 4.79 Å². The van der Waals surface area contributed by atoms with Gasteiger partial charge >= 0.3 is 6.03 Å². The Labute approximate surface area is 147 Å². The topological polar surface area (TPSA) is 69.1 Å². The molecule has 6 heteroatoms. The lowest BCUT2D eigenvalue weighted by Crippen LogP contribution is -2.48. The maximum atomic E-state index is 12.7. The van der Waals surface area contributed by atoms with Gasteiger partial charge in [-0.25, -0.2) is 4.79 Å². The number of urea groups is 1. The number of nitrogens with zero attached hydrogens (tertiary/aromatic N) is 3. The third-order valence-electron chi connectivity index (χ3n) is 3.92. The molecule has 3 rings (SSSR count). The highest BCUT2D eigenvalue weighted by Gasteiger charge is 2.26. The normalized spacial score (nSPS) is 14.9. The highest BCUT2D eigenvalue weighted by Crippen LogP contribution is 2.13. The largest absolute Gasteiger partial charge is 0.344 e. The molecule has 25 heavy (non-hydrogen) atoms. The van der Waals surface area contributed by atoms with E-state index in [1.165, 1.54) is 5.01 Å². The van der Waals surface area contributed by atoms with Crippen LogP contribution in [0.5, 0.6) is 0 Å².